The van der Waals surface area contributed by atoms with Crippen LogP contribution >= 0.6 is 11.3 Å². The molecular formula is C22H19N5O3S. The van der Waals surface area contributed by atoms with Crippen LogP contribution in [0.4, 0.5) is 5.82 Å². The number of carbonyl (C=O) groups excluding carboxylic acids is 3. The van der Waals surface area contributed by atoms with Crippen molar-refractivity contribution in [2.75, 3.05) is 37.6 Å². The molecule has 1 fully saturated rings. The van der Waals surface area contributed by atoms with E-state index in [2.05, 4.69) is 15.1 Å². The van der Waals surface area contributed by atoms with Crippen molar-refractivity contribution in [3.8, 4) is 10.6 Å². The van der Waals surface area contributed by atoms with Gasteiger partial charge in [0.15, 0.2) is 5.82 Å². The number of hydrogen-bond donors (Lipinski definition) is 0. The predicted octanol–water partition coefficient (Wildman–Crippen LogP) is 2.15. The summed E-state index contributed by atoms with van der Waals surface area (Å²) in [7, 11) is 0. The lowest BCUT2D eigenvalue weighted by Gasteiger charge is -2.35. The lowest BCUT2D eigenvalue weighted by Crippen LogP contribution is -2.52. The quantitative estimate of drug-likeness (QED) is 0.586. The molecule has 2 aliphatic heterocycles. The number of carbonyl (C=O) groups is 3. The van der Waals surface area contributed by atoms with Crippen LogP contribution in [0.1, 0.15) is 20.7 Å². The number of amides is 3. The van der Waals surface area contributed by atoms with Gasteiger partial charge in [-0.3, -0.25) is 19.3 Å². The van der Waals surface area contributed by atoms with Crippen LogP contribution in [0.15, 0.2) is 53.9 Å². The molecule has 0 unspecified atom stereocenters. The third kappa shape index (κ3) is 3.57. The molecule has 2 aromatic heterocycles. The van der Waals surface area contributed by atoms with E-state index < -0.39 is 11.8 Å². The maximum absolute atomic E-state index is 12.7. The van der Waals surface area contributed by atoms with Crippen LogP contribution in [0.3, 0.4) is 0 Å². The van der Waals surface area contributed by atoms with E-state index >= 15 is 0 Å². The summed E-state index contributed by atoms with van der Waals surface area (Å²) < 4.78 is 0. The highest BCUT2D eigenvalue weighted by atomic mass is 32.1. The van der Waals surface area contributed by atoms with Gasteiger partial charge in [-0.25, -0.2) is 0 Å². The largest absolute Gasteiger partial charge is 0.352 e. The fourth-order valence-corrected chi connectivity index (χ4v) is 4.54. The number of fused-ring (bicyclic) bond motifs is 1. The number of piperazine rings is 1. The first kappa shape index (κ1) is 19.4. The summed E-state index contributed by atoms with van der Waals surface area (Å²) in [6.45, 7) is 1.98. The molecule has 4 heterocycles. The molecule has 3 aromatic rings. The molecule has 2 aliphatic rings. The molecule has 8 nitrogen and oxygen atoms in total. The lowest BCUT2D eigenvalue weighted by atomic mass is 10.1. The van der Waals surface area contributed by atoms with Gasteiger partial charge in [-0.15, -0.1) is 21.5 Å². The van der Waals surface area contributed by atoms with Crippen LogP contribution in [0.25, 0.3) is 10.6 Å². The first-order valence-corrected chi connectivity index (χ1v) is 10.9. The topological polar surface area (TPSA) is 86.7 Å². The number of rotatable bonds is 4. The molecule has 3 amide bonds. The molecule has 0 spiro atoms. The molecule has 0 aliphatic carbocycles. The first-order chi connectivity index (χ1) is 15.1. The van der Waals surface area contributed by atoms with Crippen LogP contribution in [0, 0.1) is 0 Å². The molecule has 0 radical (unpaired) electrons. The second-order valence-corrected chi connectivity index (χ2v) is 8.31. The third-order valence-electron chi connectivity index (χ3n) is 5.55. The standard InChI is InChI=1S/C22H19N5O3S/c28-20(14-27-21(29)15-4-1-2-5-16(15)22(27)30)26-11-9-25(10-12-26)19-8-7-17(23-24-19)18-6-3-13-31-18/h1-8,13H,9-12,14H2. The van der Waals surface area contributed by atoms with Crippen molar-refractivity contribution in [3.63, 3.8) is 0 Å². The normalized spacial score (nSPS) is 16.1. The fourth-order valence-electron chi connectivity index (χ4n) is 3.85. The number of anilines is 1. The zero-order valence-electron chi connectivity index (χ0n) is 16.6. The Morgan fingerprint density at radius 1 is 0.871 bits per heavy atom. The monoisotopic (exact) mass is 433 g/mol. The van der Waals surface area contributed by atoms with Crippen molar-refractivity contribution >= 4 is 34.9 Å². The van der Waals surface area contributed by atoms with Crippen LogP contribution in [-0.2, 0) is 4.79 Å². The molecule has 5 rings (SSSR count). The summed E-state index contributed by atoms with van der Waals surface area (Å²) in [5.74, 6) is -0.275. The van der Waals surface area contributed by atoms with Gasteiger partial charge in [-0.1, -0.05) is 18.2 Å². The minimum Gasteiger partial charge on any atom is -0.352 e. The van der Waals surface area contributed by atoms with E-state index in [4.69, 9.17) is 0 Å². The van der Waals surface area contributed by atoms with Gasteiger partial charge in [0.05, 0.1) is 16.0 Å². The zero-order chi connectivity index (χ0) is 21.4. The fraction of sp³-hybridized carbons (Fsp3) is 0.227. The summed E-state index contributed by atoms with van der Waals surface area (Å²) in [5.41, 5.74) is 1.55. The third-order valence-corrected chi connectivity index (χ3v) is 6.44. The van der Waals surface area contributed by atoms with Crippen molar-refractivity contribution in [1.29, 1.82) is 0 Å². The Balaban J connectivity index is 1.19. The van der Waals surface area contributed by atoms with Gasteiger partial charge in [0, 0.05) is 26.2 Å². The Morgan fingerprint density at radius 2 is 1.58 bits per heavy atom. The SMILES string of the molecule is O=C(CN1C(=O)c2ccccc2C1=O)N1CCN(c2ccc(-c3cccs3)nn2)CC1. The van der Waals surface area contributed by atoms with Gasteiger partial charge in [-0.05, 0) is 35.7 Å². The number of benzene rings is 1. The van der Waals surface area contributed by atoms with E-state index in [1.165, 1.54) is 0 Å². The molecule has 0 N–H and O–H groups in total. The zero-order valence-corrected chi connectivity index (χ0v) is 17.4. The lowest BCUT2D eigenvalue weighted by molar-refractivity contribution is -0.131. The van der Waals surface area contributed by atoms with Gasteiger partial charge in [0.2, 0.25) is 5.91 Å². The van der Waals surface area contributed by atoms with Gasteiger partial charge in [-0.2, -0.15) is 0 Å². The van der Waals surface area contributed by atoms with Crippen molar-refractivity contribution in [3.05, 3.63) is 65.0 Å². The van der Waals surface area contributed by atoms with Crippen LogP contribution < -0.4 is 4.90 Å². The van der Waals surface area contributed by atoms with E-state index in [1.807, 2.05) is 29.6 Å². The smallest absolute Gasteiger partial charge is 0.262 e. The molecular weight excluding hydrogens is 414 g/mol. The number of nitrogens with zero attached hydrogens (tertiary/aromatic N) is 5. The number of imide groups is 1. The highest BCUT2D eigenvalue weighted by Crippen LogP contribution is 2.24. The highest BCUT2D eigenvalue weighted by molar-refractivity contribution is 7.13. The predicted molar refractivity (Wildman–Crippen MR) is 116 cm³/mol. The summed E-state index contributed by atoms with van der Waals surface area (Å²) in [4.78, 5) is 43.6. The molecule has 0 saturated carbocycles. The number of aromatic nitrogens is 2. The molecule has 156 valence electrons. The molecule has 0 atom stereocenters. The number of thiophene rings is 1. The average Bonchev–Trinajstić information content (AvgIpc) is 3.44. The summed E-state index contributed by atoms with van der Waals surface area (Å²) in [6, 6.07) is 14.5. The van der Waals surface area contributed by atoms with Gasteiger partial charge in [0.1, 0.15) is 12.2 Å². The van der Waals surface area contributed by atoms with E-state index in [-0.39, 0.29) is 12.5 Å². The minimum atomic E-state index is -0.409. The van der Waals surface area contributed by atoms with Gasteiger partial charge in [0.25, 0.3) is 11.8 Å². The Kier molecular flexibility index (Phi) is 4.95. The maximum Gasteiger partial charge on any atom is 0.262 e. The van der Waals surface area contributed by atoms with E-state index in [0.717, 1.165) is 21.3 Å². The Morgan fingerprint density at radius 3 is 2.16 bits per heavy atom. The molecule has 0 bridgehead atoms. The second kappa shape index (κ2) is 7.92. The number of hydrogen-bond acceptors (Lipinski definition) is 7. The van der Waals surface area contributed by atoms with Crippen molar-refractivity contribution in [1.82, 2.24) is 20.0 Å². The van der Waals surface area contributed by atoms with Crippen LogP contribution in [-0.4, -0.2) is 70.4 Å². The summed E-state index contributed by atoms with van der Waals surface area (Å²) >= 11 is 1.62. The van der Waals surface area contributed by atoms with Gasteiger partial charge >= 0.3 is 0 Å². The average molecular weight is 433 g/mol. The second-order valence-electron chi connectivity index (χ2n) is 7.36. The van der Waals surface area contributed by atoms with Crippen molar-refractivity contribution < 1.29 is 14.4 Å². The van der Waals surface area contributed by atoms with E-state index in [1.54, 1.807) is 40.5 Å². The van der Waals surface area contributed by atoms with E-state index in [0.29, 0.717) is 37.3 Å². The minimum absolute atomic E-state index is 0.228. The first-order valence-electron chi connectivity index (χ1n) is 9.97. The van der Waals surface area contributed by atoms with Crippen molar-refractivity contribution in [2.24, 2.45) is 0 Å². The van der Waals surface area contributed by atoms with Gasteiger partial charge < -0.3 is 9.80 Å². The molecule has 1 saturated heterocycles. The van der Waals surface area contributed by atoms with Crippen molar-refractivity contribution in [2.45, 2.75) is 0 Å². The van der Waals surface area contributed by atoms with Crippen LogP contribution in [0.5, 0.6) is 0 Å². The molecule has 31 heavy (non-hydrogen) atoms. The summed E-state index contributed by atoms with van der Waals surface area (Å²) in [6.07, 6.45) is 0. The Labute approximate surface area is 182 Å². The highest BCUT2D eigenvalue weighted by Gasteiger charge is 2.37. The summed E-state index contributed by atoms with van der Waals surface area (Å²) in [5, 5.41) is 10.7. The van der Waals surface area contributed by atoms with Crippen LogP contribution in [0.2, 0.25) is 0 Å². The maximum atomic E-state index is 12.7. The molecule has 1 aromatic carbocycles. The Hall–Kier alpha value is -3.59. The molecule has 9 heteroatoms. The van der Waals surface area contributed by atoms with E-state index in [9.17, 15) is 14.4 Å². The Bertz CT molecular complexity index is 1100.